The molecular weight excluding hydrogens is 326 g/mol. The molecule has 5 nitrogen and oxygen atoms in total. The topological polar surface area (TPSA) is 68.5 Å². The number of esters is 1. The number of furan rings is 1. The summed E-state index contributed by atoms with van der Waals surface area (Å²) in [6.07, 6.45) is 7.21. The van der Waals surface area contributed by atoms with E-state index in [9.17, 15) is 9.59 Å². The highest BCUT2D eigenvalue weighted by molar-refractivity contribution is 7.14. The van der Waals surface area contributed by atoms with Gasteiger partial charge in [0, 0.05) is 4.88 Å². The number of hydrogen-bond donors (Lipinski definition) is 1. The van der Waals surface area contributed by atoms with Crippen LogP contribution in [0.5, 0.6) is 0 Å². The van der Waals surface area contributed by atoms with E-state index >= 15 is 0 Å². The fourth-order valence-corrected chi connectivity index (χ4v) is 4.01. The molecular formula is C18H21NO4S. The Hall–Kier alpha value is -2.08. The van der Waals surface area contributed by atoms with Gasteiger partial charge in [-0.25, -0.2) is 4.79 Å². The molecule has 128 valence electrons. The van der Waals surface area contributed by atoms with Crippen LogP contribution in [0.15, 0.2) is 28.9 Å². The van der Waals surface area contributed by atoms with E-state index in [1.54, 1.807) is 18.4 Å². The molecule has 0 saturated heterocycles. The summed E-state index contributed by atoms with van der Waals surface area (Å²) in [7, 11) is 0. The Bertz CT molecular complexity index is 681. The second-order valence-electron chi connectivity index (χ2n) is 6.00. The van der Waals surface area contributed by atoms with E-state index in [0.717, 1.165) is 12.8 Å². The Morgan fingerprint density at radius 1 is 1.33 bits per heavy atom. The summed E-state index contributed by atoms with van der Waals surface area (Å²) in [5.74, 6) is -0.101. The molecule has 1 aliphatic carbocycles. The maximum Gasteiger partial charge on any atom is 0.348 e. The third-order valence-electron chi connectivity index (χ3n) is 4.13. The molecule has 1 N–H and O–H groups in total. The molecule has 3 rings (SSSR count). The Morgan fingerprint density at radius 3 is 2.96 bits per heavy atom. The number of carbonyl (C=O) groups excluding carboxylic acids is 2. The Kier molecular flexibility index (Phi) is 5.35. The monoisotopic (exact) mass is 347 g/mol. The van der Waals surface area contributed by atoms with Crippen LogP contribution in [0.1, 0.15) is 58.1 Å². The van der Waals surface area contributed by atoms with Crippen LogP contribution in [0, 0.1) is 0 Å². The van der Waals surface area contributed by atoms with Gasteiger partial charge in [-0.3, -0.25) is 4.79 Å². The summed E-state index contributed by atoms with van der Waals surface area (Å²) in [6, 6.07) is 5.22. The molecule has 2 aromatic rings. The molecule has 1 amide bonds. The molecule has 0 aromatic carbocycles. The first-order valence-corrected chi connectivity index (χ1v) is 9.06. The quantitative estimate of drug-likeness (QED) is 0.662. The number of hydrogen-bond acceptors (Lipinski definition) is 5. The first-order chi connectivity index (χ1) is 11.6. The largest absolute Gasteiger partial charge is 0.467 e. The van der Waals surface area contributed by atoms with Crippen molar-refractivity contribution in [1.82, 2.24) is 5.32 Å². The fourth-order valence-electron chi connectivity index (χ4n) is 2.86. The van der Waals surface area contributed by atoms with Gasteiger partial charge in [-0.1, -0.05) is 6.42 Å². The fraction of sp³-hybridized carbons (Fsp3) is 0.444. The van der Waals surface area contributed by atoms with E-state index in [2.05, 4.69) is 5.32 Å². The third kappa shape index (κ3) is 4.06. The van der Waals surface area contributed by atoms with E-state index in [4.69, 9.17) is 9.15 Å². The summed E-state index contributed by atoms with van der Waals surface area (Å²) in [4.78, 5) is 25.9. The van der Waals surface area contributed by atoms with Crippen LogP contribution in [0.2, 0.25) is 0 Å². The SMILES string of the molecule is C[C@H](NC(=O)COC(=O)c1cc2c(s1)CCCCC2)c1ccco1. The molecule has 2 aromatic heterocycles. The zero-order valence-electron chi connectivity index (χ0n) is 13.7. The minimum absolute atomic E-state index is 0.260. The number of aryl methyl sites for hydroxylation is 2. The molecule has 6 heteroatoms. The lowest BCUT2D eigenvalue weighted by Gasteiger charge is -2.11. The normalized spacial score (nSPS) is 15.2. The molecule has 0 fully saturated rings. The molecule has 1 aliphatic rings. The molecule has 24 heavy (non-hydrogen) atoms. The second-order valence-corrected chi connectivity index (χ2v) is 7.14. The van der Waals surface area contributed by atoms with Crippen LogP contribution in [0.4, 0.5) is 0 Å². The molecule has 2 heterocycles. The highest BCUT2D eigenvalue weighted by Crippen LogP contribution is 2.29. The van der Waals surface area contributed by atoms with Gasteiger partial charge in [0.2, 0.25) is 0 Å². The maximum absolute atomic E-state index is 12.2. The predicted molar refractivity (Wildman–Crippen MR) is 91.1 cm³/mol. The van der Waals surface area contributed by atoms with Crippen LogP contribution >= 0.6 is 11.3 Å². The van der Waals surface area contributed by atoms with Crippen LogP contribution in [-0.2, 0) is 22.4 Å². The van der Waals surface area contributed by atoms with Gasteiger partial charge in [0.05, 0.1) is 12.3 Å². The Labute approximate surface area is 145 Å². The van der Waals surface area contributed by atoms with Crippen molar-refractivity contribution in [2.75, 3.05) is 6.61 Å². The van der Waals surface area contributed by atoms with Crippen LogP contribution in [0.3, 0.4) is 0 Å². The minimum Gasteiger partial charge on any atom is -0.467 e. The summed E-state index contributed by atoms with van der Waals surface area (Å²) in [5, 5.41) is 2.74. The smallest absolute Gasteiger partial charge is 0.348 e. The Balaban J connectivity index is 1.51. The number of amides is 1. The molecule has 0 radical (unpaired) electrons. The minimum atomic E-state index is -0.422. The van der Waals surface area contributed by atoms with Crippen molar-refractivity contribution in [3.05, 3.63) is 45.5 Å². The summed E-state index contributed by atoms with van der Waals surface area (Å²) in [6.45, 7) is 1.53. The highest BCUT2D eigenvalue weighted by atomic mass is 32.1. The summed E-state index contributed by atoms with van der Waals surface area (Å²) < 4.78 is 10.4. The standard InChI is InChI=1S/C18H21NO4S/c1-12(14-7-5-9-22-14)19-17(20)11-23-18(21)16-10-13-6-3-2-4-8-15(13)24-16/h5,7,9-10,12H,2-4,6,8,11H2,1H3,(H,19,20)/t12-/m0/s1. The van der Waals surface area contributed by atoms with E-state index in [1.165, 1.54) is 41.0 Å². The van der Waals surface area contributed by atoms with Crippen LogP contribution in [-0.4, -0.2) is 18.5 Å². The average Bonchev–Trinajstić information content (AvgIpc) is 3.19. The van der Waals surface area contributed by atoms with E-state index in [-0.39, 0.29) is 18.6 Å². The summed E-state index contributed by atoms with van der Waals surface area (Å²) >= 11 is 1.50. The van der Waals surface area contributed by atoms with E-state index < -0.39 is 5.97 Å². The molecule has 0 saturated carbocycles. The van der Waals surface area contributed by atoms with Gasteiger partial charge in [-0.2, -0.15) is 0 Å². The summed E-state index contributed by atoms with van der Waals surface area (Å²) in [5.41, 5.74) is 1.26. The van der Waals surface area contributed by atoms with Gasteiger partial charge in [0.15, 0.2) is 6.61 Å². The number of carbonyl (C=O) groups is 2. The third-order valence-corrected chi connectivity index (χ3v) is 5.35. The van der Waals surface area contributed by atoms with Gasteiger partial charge in [-0.15, -0.1) is 11.3 Å². The highest BCUT2D eigenvalue weighted by Gasteiger charge is 2.19. The zero-order valence-corrected chi connectivity index (χ0v) is 14.5. The molecule has 0 spiro atoms. The van der Waals surface area contributed by atoms with Crippen molar-refractivity contribution in [3.63, 3.8) is 0 Å². The number of thiophene rings is 1. The van der Waals surface area contributed by atoms with Crippen molar-refractivity contribution >= 4 is 23.2 Å². The lowest BCUT2D eigenvalue weighted by atomic mass is 10.1. The van der Waals surface area contributed by atoms with E-state index in [1.807, 2.05) is 13.0 Å². The molecule has 0 bridgehead atoms. The number of rotatable bonds is 5. The Morgan fingerprint density at radius 2 is 2.17 bits per heavy atom. The molecule has 0 aliphatic heterocycles. The van der Waals surface area contributed by atoms with Crippen molar-refractivity contribution in [2.45, 2.75) is 45.1 Å². The number of nitrogens with one attached hydrogen (secondary N) is 1. The number of ether oxygens (including phenoxy) is 1. The maximum atomic E-state index is 12.2. The lowest BCUT2D eigenvalue weighted by molar-refractivity contribution is -0.125. The molecule has 0 unspecified atom stereocenters. The van der Waals surface area contributed by atoms with Gasteiger partial charge < -0.3 is 14.5 Å². The predicted octanol–water partition coefficient (Wildman–Crippen LogP) is 3.64. The first-order valence-electron chi connectivity index (χ1n) is 8.25. The molecule has 1 atom stereocenters. The van der Waals surface area contributed by atoms with Crippen molar-refractivity contribution in [3.8, 4) is 0 Å². The lowest BCUT2D eigenvalue weighted by Crippen LogP contribution is -2.30. The van der Waals surface area contributed by atoms with Gasteiger partial charge >= 0.3 is 5.97 Å². The van der Waals surface area contributed by atoms with Gasteiger partial charge in [-0.05, 0) is 56.4 Å². The number of fused-ring (bicyclic) bond motifs is 1. The van der Waals surface area contributed by atoms with Crippen molar-refractivity contribution in [1.29, 1.82) is 0 Å². The van der Waals surface area contributed by atoms with Crippen molar-refractivity contribution < 1.29 is 18.7 Å². The second kappa shape index (κ2) is 7.66. The first kappa shape index (κ1) is 16.8. The zero-order chi connectivity index (χ0) is 16.9. The van der Waals surface area contributed by atoms with Crippen molar-refractivity contribution in [2.24, 2.45) is 0 Å². The van der Waals surface area contributed by atoms with Crippen LogP contribution in [0.25, 0.3) is 0 Å². The van der Waals surface area contributed by atoms with Gasteiger partial charge in [0.1, 0.15) is 10.6 Å². The average molecular weight is 347 g/mol. The van der Waals surface area contributed by atoms with E-state index in [0.29, 0.717) is 10.6 Å². The van der Waals surface area contributed by atoms with Gasteiger partial charge in [0.25, 0.3) is 5.91 Å². The van der Waals surface area contributed by atoms with Crippen LogP contribution < -0.4 is 5.32 Å².